The molecule has 2 heterocycles. The molecule has 0 aliphatic carbocycles. The molecule has 0 saturated heterocycles. The first kappa shape index (κ1) is 22.3. The largest absolute Gasteiger partial charge is 0.325 e. The maximum Gasteiger partial charge on any atom is 0.272 e. The van der Waals surface area contributed by atoms with Gasteiger partial charge >= 0.3 is 0 Å². The van der Waals surface area contributed by atoms with Gasteiger partial charge in [0, 0.05) is 17.4 Å². The summed E-state index contributed by atoms with van der Waals surface area (Å²) in [5, 5.41) is 4.40. The van der Waals surface area contributed by atoms with Gasteiger partial charge in [-0.25, -0.2) is 4.98 Å². The second-order valence-electron chi connectivity index (χ2n) is 7.24. The molecule has 1 aliphatic rings. The van der Waals surface area contributed by atoms with Gasteiger partial charge in [-0.2, -0.15) is 0 Å². The topological polar surface area (TPSA) is 64.0 Å². The second kappa shape index (κ2) is 9.28. The Bertz CT molecular complexity index is 1210. The predicted octanol–water partition coefficient (Wildman–Crippen LogP) is 5.62. The van der Waals surface area contributed by atoms with E-state index in [9.17, 15) is 9.59 Å². The number of aromatic nitrogens is 2. The lowest BCUT2D eigenvalue weighted by atomic mass is 10.2. The molecule has 0 radical (unpaired) electrons. The van der Waals surface area contributed by atoms with E-state index < -0.39 is 0 Å². The Morgan fingerprint density at radius 2 is 1.97 bits per heavy atom. The lowest BCUT2D eigenvalue weighted by molar-refractivity contribution is -0.113. The quantitative estimate of drug-likeness (QED) is 0.370. The number of hydrogen-bond donors (Lipinski definition) is 1. The second-order valence-corrected chi connectivity index (χ2v) is 10.5. The third-order valence-electron chi connectivity index (χ3n) is 4.71. The summed E-state index contributed by atoms with van der Waals surface area (Å²) in [6.45, 7) is 4.08. The number of halogens is 2. The van der Waals surface area contributed by atoms with E-state index in [0.717, 1.165) is 23.4 Å². The summed E-state index contributed by atoms with van der Waals surface area (Å²) in [5.74, 6) is -0.128. The summed E-state index contributed by atoms with van der Waals surface area (Å²) in [6.07, 6.45) is 0.743. The van der Waals surface area contributed by atoms with Crippen LogP contribution in [0.5, 0.6) is 0 Å². The van der Waals surface area contributed by atoms with Crippen LogP contribution in [0.3, 0.4) is 0 Å². The number of carbonyl (C=O) groups is 1. The van der Waals surface area contributed by atoms with Crippen LogP contribution < -0.4 is 10.9 Å². The van der Waals surface area contributed by atoms with Gasteiger partial charge in [0.2, 0.25) is 5.91 Å². The van der Waals surface area contributed by atoms with Crippen molar-refractivity contribution in [2.45, 2.75) is 35.6 Å². The number of nitrogens with zero attached hydrogens (tertiary/aromatic N) is 2. The fourth-order valence-electron chi connectivity index (χ4n) is 3.22. The van der Waals surface area contributed by atoms with Gasteiger partial charge in [0.1, 0.15) is 0 Å². The number of thioether (sulfide) groups is 2. The molecule has 5 nitrogen and oxygen atoms in total. The predicted molar refractivity (Wildman–Crippen MR) is 129 cm³/mol. The van der Waals surface area contributed by atoms with Crippen LogP contribution in [-0.2, 0) is 11.2 Å². The fraction of sp³-hybridized carbons (Fsp3) is 0.227. The highest BCUT2D eigenvalue weighted by atomic mass is 35.5. The first-order chi connectivity index (χ1) is 14.8. The third-order valence-corrected chi connectivity index (χ3v) is 7.60. The van der Waals surface area contributed by atoms with Crippen LogP contribution in [0, 0.1) is 6.92 Å². The summed E-state index contributed by atoms with van der Waals surface area (Å²) >= 11 is 14.7. The molecule has 31 heavy (non-hydrogen) atoms. The number of carbonyl (C=O) groups excluding carboxylic acids is 1. The van der Waals surface area contributed by atoms with E-state index >= 15 is 0 Å². The van der Waals surface area contributed by atoms with Crippen LogP contribution in [0.15, 0.2) is 57.3 Å². The van der Waals surface area contributed by atoms with Crippen molar-refractivity contribution in [3.63, 3.8) is 0 Å². The summed E-state index contributed by atoms with van der Waals surface area (Å²) in [5.41, 5.74) is 3.11. The Morgan fingerprint density at radius 3 is 2.68 bits per heavy atom. The number of amides is 1. The van der Waals surface area contributed by atoms with Crippen molar-refractivity contribution in [2.75, 3.05) is 11.1 Å². The van der Waals surface area contributed by atoms with Crippen molar-refractivity contribution in [3.8, 4) is 5.69 Å². The van der Waals surface area contributed by atoms with Gasteiger partial charge in [-0.15, -0.1) is 11.8 Å². The highest BCUT2D eigenvalue weighted by molar-refractivity contribution is 8.00. The molecule has 1 amide bonds. The zero-order valence-electron chi connectivity index (χ0n) is 16.8. The van der Waals surface area contributed by atoms with Crippen LogP contribution in [-0.4, -0.2) is 26.5 Å². The number of benzene rings is 2. The molecular formula is C22H19Cl2N3O2S2. The monoisotopic (exact) mass is 491 g/mol. The molecule has 1 aliphatic heterocycles. The molecule has 1 N–H and O–H groups in total. The molecule has 0 bridgehead atoms. The maximum atomic E-state index is 13.3. The van der Waals surface area contributed by atoms with Crippen molar-refractivity contribution >= 4 is 58.3 Å². The highest BCUT2D eigenvalue weighted by Gasteiger charge is 2.27. The van der Waals surface area contributed by atoms with Crippen molar-refractivity contribution < 1.29 is 4.79 Å². The third kappa shape index (κ3) is 4.95. The van der Waals surface area contributed by atoms with Gasteiger partial charge in [-0.3, -0.25) is 14.2 Å². The number of fused-ring (bicyclic) bond motifs is 1. The minimum Gasteiger partial charge on any atom is -0.325 e. The van der Waals surface area contributed by atoms with Crippen molar-refractivity contribution in [1.29, 1.82) is 0 Å². The molecule has 9 heteroatoms. The van der Waals surface area contributed by atoms with E-state index in [4.69, 9.17) is 28.2 Å². The molecular weight excluding hydrogens is 473 g/mol. The molecule has 0 fully saturated rings. The number of hydrogen-bond acceptors (Lipinski definition) is 5. The lowest BCUT2D eigenvalue weighted by Crippen LogP contribution is -2.24. The number of nitrogens with one attached hydrogen (secondary N) is 1. The molecule has 4 rings (SSSR count). The standard InChI is InChI=1S/C22H19Cl2N3O2S2/c1-12-3-6-15(7-4-12)27-21(29)20-18(9-13(2)31-20)26-22(27)30-11-19(28)25-14-5-8-16(23)17(24)10-14/h3-8,10,13H,9,11H2,1-2H3,(H,25,28). The molecule has 0 saturated carbocycles. The molecule has 3 aromatic rings. The van der Waals surface area contributed by atoms with E-state index in [2.05, 4.69) is 12.2 Å². The Morgan fingerprint density at radius 1 is 1.23 bits per heavy atom. The van der Waals surface area contributed by atoms with E-state index in [0.29, 0.717) is 31.0 Å². The average Bonchev–Trinajstić information content (AvgIpc) is 3.11. The van der Waals surface area contributed by atoms with Gasteiger partial charge in [-0.1, -0.05) is 59.6 Å². The SMILES string of the molecule is Cc1ccc(-n2c(SCC(=O)Nc3ccc(Cl)c(Cl)c3)nc3c(c2=O)SC(C)C3)cc1. The Labute approximate surface area is 198 Å². The first-order valence-corrected chi connectivity index (χ1v) is 12.2. The smallest absolute Gasteiger partial charge is 0.272 e. The van der Waals surface area contributed by atoms with Crippen LogP contribution in [0.1, 0.15) is 18.2 Å². The van der Waals surface area contributed by atoms with Crippen molar-refractivity contribution in [2.24, 2.45) is 0 Å². The van der Waals surface area contributed by atoms with Crippen molar-refractivity contribution in [1.82, 2.24) is 9.55 Å². The maximum absolute atomic E-state index is 13.3. The van der Waals surface area contributed by atoms with Crippen LogP contribution in [0.25, 0.3) is 5.69 Å². The number of anilines is 1. The molecule has 2 aromatic carbocycles. The normalized spacial score (nSPS) is 15.0. The van der Waals surface area contributed by atoms with E-state index in [1.807, 2.05) is 31.2 Å². The Kier molecular flexibility index (Phi) is 6.67. The molecule has 1 aromatic heterocycles. The molecule has 1 atom stereocenters. The van der Waals surface area contributed by atoms with Crippen LogP contribution in [0.4, 0.5) is 5.69 Å². The zero-order chi connectivity index (χ0) is 22.1. The fourth-order valence-corrected chi connectivity index (χ4v) is 5.44. The minimum absolute atomic E-state index is 0.0874. The van der Waals surface area contributed by atoms with Gasteiger partial charge < -0.3 is 5.32 Å². The number of rotatable bonds is 5. The number of aryl methyl sites for hydroxylation is 1. The zero-order valence-corrected chi connectivity index (χ0v) is 20.0. The summed E-state index contributed by atoms with van der Waals surface area (Å²) < 4.78 is 1.60. The van der Waals surface area contributed by atoms with Gasteiger partial charge in [-0.05, 0) is 37.3 Å². The Balaban J connectivity index is 1.61. The molecule has 0 spiro atoms. The minimum atomic E-state index is -0.226. The van der Waals surface area contributed by atoms with Gasteiger partial charge in [0.15, 0.2) is 5.16 Å². The van der Waals surface area contributed by atoms with Gasteiger partial charge in [0.05, 0.1) is 32.1 Å². The first-order valence-electron chi connectivity index (χ1n) is 9.59. The van der Waals surface area contributed by atoms with Crippen LogP contribution >= 0.6 is 46.7 Å². The van der Waals surface area contributed by atoms with Gasteiger partial charge in [0.25, 0.3) is 5.56 Å². The van der Waals surface area contributed by atoms with Crippen molar-refractivity contribution in [3.05, 3.63) is 74.1 Å². The van der Waals surface area contributed by atoms with E-state index in [1.54, 1.807) is 34.5 Å². The lowest BCUT2D eigenvalue weighted by Gasteiger charge is -2.14. The van der Waals surface area contributed by atoms with E-state index in [1.165, 1.54) is 11.8 Å². The molecule has 1 unspecified atom stereocenters. The summed E-state index contributed by atoms with van der Waals surface area (Å²) in [6, 6.07) is 12.6. The van der Waals surface area contributed by atoms with E-state index in [-0.39, 0.29) is 17.2 Å². The summed E-state index contributed by atoms with van der Waals surface area (Å²) in [4.78, 5) is 31.2. The highest BCUT2D eigenvalue weighted by Crippen LogP contribution is 2.35. The van der Waals surface area contributed by atoms with Crippen LogP contribution in [0.2, 0.25) is 10.0 Å². The molecule has 160 valence electrons. The average molecular weight is 492 g/mol. The summed E-state index contributed by atoms with van der Waals surface area (Å²) in [7, 11) is 0. The Hall–Kier alpha value is -1.93.